The maximum absolute atomic E-state index is 12.1. The van der Waals surface area contributed by atoms with Gasteiger partial charge in [0.2, 0.25) is 0 Å². The highest BCUT2D eigenvalue weighted by Crippen LogP contribution is 2.38. The van der Waals surface area contributed by atoms with Crippen LogP contribution in [0.15, 0.2) is 0 Å². The van der Waals surface area contributed by atoms with Gasteiger partial charge in [0, 0.05) is 12.1 Å². The normalized spacial score (nSPS) is 31.9. The Morgan fingerprint density at radius 3 is 2.67 bits per heavy atom. The number of ether oxygens (including phenoxy) is 1. The highest BCUT2D eigenvalue weighted by molar-refractivity contribution is 5.81. The Labute approximate surface area is 110 Å². The van der Waals surface area contributed by atoms with Crippen molar-refractivity contribution in [2.24, 2.45) is 0 Å². The standard InChI is InChI=1S/C14H26N2O2/c1-4-9-15-14(13(17)18-3)8-7-12(10-14)16(2)11-5-6-11/h11-12,15H,4-10H2,1-3H3. The molecule has 4 nitrogen and oxygen atoms in total. The lowest BCUT2D eigenvalue weighted by atomic mass is 9.97. The molecule has 0 aliphatic heterocycles. The van der Waals surface area contributed by atoms with Crippen LogP contribution in [0.4, 0.5) is 0 Å². The highest BCUT2D eigenvalue weighted by Gasteiger charge is 2.48. The van der Waals surface area contributed by atoms with Gasteiger partial charge in [0.15, 0.2) is 0 Å². The van der Waals surface area contributed by atoms with E-state index in [0.717, 1.165) is 38.3 Å². The fourth-order valence-corrected chi connectivity index (χ4v) is 3.12. The smallest absolute Gasteiger partial charge is 0.326 e. The van der Waals surface area contributed by atoms with Gasteiger partial charge >= 0.3 is 5.97 Å². The Kier molecular flexibility index (Phi) is 4.28. The number of carbonyl (C=O) groups is 1. The Balaban J connectivity index is 2.00. The first kappa shape index (κ1) is 13.8. The van der Waals surface area contributed by atoms with Crippen molar-refractivity contribution < 1.29 is 9.53 Å². The molecule has 0 radical (unpaired) electrons. The zero-order valence-corrected chi connectivity index (χ0v) is 11.9. The summed E-state index contributed by atoms with van der Waals surface area (Å²) in [6, 6.07) is 1.29. The van der Waals surface area contributed by atoms with Crippen molar-refractivity contribution in [3.05, 3.63) is 0 Å². The molecule has 0 aromatic carbocycles. The van der Waals surface area contributed by atoms with Crippen molar-refractivity contribution >= 4 is 5.97 Å². The summed E-state index contributed by atoms with van der Waals surface area (Å²) in [6.45, 7) is 3.01. The molecule has 0 aromatic heterocycles. The van der Waals surface area contributed by atoms with Crippen LogP contribution in [0.5, 0.6) is 0 Å². The monoisotopic (exact) mass is 254 g/mol. The van der Waals surface area contributed by atoms with Crippen LogP contribution in [-0.4, -0.2) is 49.2 Å². The van der Waals surface area contributed by atoms with E-state index in [-0.39, 0.29) is 5.97 Å². The quantitative estimate of drug-likeness (QED) is 0.730. The molecule has 2 rings (SSSR count). The zero-order chi connectivity index (χ0) is 13.2. The summed E-state index contributed by atoms with van der Waals surface area (Å²) in [5.41, 5.74) is -0.432. The highest BCUT2D eigenvalue weighted by atomic mass is 16.5. The zero-order valence-electron chi connectivity index (χ0n) is 11.9. The predicted molar refractivity (Wildman–Crippen MR) is 71.5 cm³/mol. The molecule has 2 aliphatic rings. The number of rotatable bonds is 6. The number of methoxy groups -OCH3 is 1. The second kappa shape index (κ2) is 5.57. The molecule has 2 unspecified atom stereocenters. The molecule has 2 atom stereocenters. The molecular formula is C14H26N2O2. The van der Waals surface area contributed by atoms with Crippen molar-refractivity contribution in [3.8, 4) is 0 Å². The third-order valence-corrected chi connectivity index (χ3v) is 4.48. The summed E-state index contributed by atoms with van der Waals surface area (Å²) in [5.74, 6) is -0.0809. The average Bonchev–Trinajstić information content (AvgIpc) is 3.15. The van der Waals surface area contributed by atoms with Gasteiger partial charge in [-0.2, -0.15) is 0 Å². The first-order valence-corrected chi connectivity index (χ1v) is 7.18. The molecule has 4 heteroatoms. The summed E-state index contributed by atoms with van der Waals surface area (Å²) in [5, 5.41) is 3.44. The summed E-state index contributed by atoms with van der Waals surface area (Å²) in [4.78, 5) is 14.6. The van der Waals surface area contributed by atoms with Gasteiger partial charge in [0.1, 0.15) is 5.54 Å². The number of esters is 1. The van der Waals surface area contributed by atoms with Crippen LogP contribution in [0.2, 0.25) is 0 Å². The van der Waals surface area contributed by atoms with Crippen molar-refractivity contribution in [2.75, 3.05) is 20.7 Å². The first-order valence-electron chi connectivity index (χ1n) is 7.18. The van der Waals surface area contributed by atoms with Gasteiger partial charge in [-0.05, 0) is 52.1 Å². The Hall–Kier alpha value is -0.610. The van der Waals surface area contributed by atoms with Gasteiger partial charge in [-0.1, -0.05) is 6.92 Å². The maximum atomic E-state index is 12.1. The van der Waals surface area contributed by atoms with E-state index in [1.54, 1.807) is 0 Å². The number of hydrogen-bond donors (Lipinski definition) is 1. The molecule has 0 saturated heterocycles. The van der Waals surface area contributed by atoms with Gasteiger partial charge in [0.25, 0.3) is 0 Å². The van der Waals surface area contributed by atoms with Crippen LogP contribution in [-0.2, 0) is 9.53 Å². The van der Waals surface area contributed by atoms with Crippen LogP contribution < -0.4 is 5.32 Å². The maximum Gasteiger partial charge on any atom is 0.326 e. The van der Waals surface area contributed by atoms with Crippen LogP contribution in [0.25, 0.3) is 0 Å². The molecule has 2 fully saturated rings. The molecular weight excluding hydrogens is 228 g/mol. The Morgan fingerprint density at radius 2 is 2.11 bits per heavy atom. The van der Waals surface area contributed by atoms with Gasteiger partial charge in [0.05, 0.1) is 7.11 Å². The van der Waals surface area contributed by atoms with Crippen molar-refractivity contribution in [2.45, 2.75) is 63.1 Å². The summed E-state index contributed by atoms with van der Waals surface area (Å²) >= 11 is 0. The van der Waals surface area contributed by atoms with Crippen molar-refractivity contribution in [1.82, 2.24) is 10.2 Å². The molecule has 0 aromatic rings. The fraction of sp³-hybridized carbons (Fsp3) is 0.929. The van der Waals surface area contributed by atoms with Gasteiger partial charge in [-0.25, -0.2) is 0 Å². The number of carbonyl (C=O) groups excluding carboxylic acids is 1. The molecule has 18 heavy (non-hydrogen) atoms. The molecule has 0 amide bonds. The topological polar surface area (TPSA) is 41.6 Å². The van der Waals surface area contributed by atoms with Crippen molar-refractivity contribution in [1.29, 1.82) is 0 Å². The predicted octanol–water partition coefficient (Wildman–Crippen LogP) is 1.54. The summed E-state index contributed by atoms with van der Waals surface area (Å²) < 4.78 is 5.02. The Morgan fingerprint density at radius 1 is 1.39 bits per heavy atom. The lowest BCUT2D eigenvalue weighted by Crippen LogP contribution is -2.52. The van der Waals surface area contributed by atoms with E-state index in [0.29, 0.717) is 6.04 Å². The minimum atomic E-state index is -0.432. The molecule has 104 valence electrons. The minimum Gasteiger partial charge on any atom is -0.468 e. The molecule has 0 bridgehead atoms. The Bertz CT molecular complexity index is 304. The molecule has 2 aliphatic carbocycles. The number of nitrogens with one attached hydrogen (secondary N) is 1. The van der Waals surface area contributed by atoms with E-state index in [1.807, 2.05) is 0 Å². The lowest BCUT2D eigenvalue weighted by molar-refractivity contribution is -0.148. The van der Waals surface area contributed by atoms with E-state index in [9.17, 15) is 4.79 Å². The van der Waals surface area contributed by atoms with E-state index in [2.05, 4.69) is 24.2 Å². The van der Waals surface area contributed by atoms with E-state index in [1.165, 1.54) is 20.0 Å². The number of hydrogen-bond acceptors (Lipinski definition) is 4. The third-order valence-electron chi connectivity index (χ3n) is 4.48. The summed E-state index contributed by atoms with van der Waals surface area (Å²) in [6.07, 6.45) is 6.58. The van der Waals surface area contributed by atoms with Gasteiger partial charge in [-0.15, -0.1) is 0 Å². The largest absolute Gasteiger partial charge is 0.468 e. The minimum absolute atomic E-state index is 0.0809. The molecule has 0 heterocycles. The SMILES string of the molecule is CCCNC1(C(=O)OC)CCC(N(C)C2CC2)C1. The first-order chi connectivity index (χ1) is 8.63. The third kappa shape index (κ3) is 2.69. The van der Waals surface area contributed by atoms with Crippen LogP contribution in [0.1, 0.15) is 45.4 Å². The molecule has 0 spiro atoms. The van der Waals surface area contributed by atoms with Gasteiger partial charge in [-0.3, -0.25) is 4.79 Å². The van der Waals surface area contributed by atoms with Gasteiger partial charge < -0.3 is 15.0 Å². The molecule has 1 N–H and O–H groups in total. The van der Waals surface area contributed by atoms with E-state index < -0.39 is 5.54 Å². The fourth-order valence-electron chi connectivity index (χ4n) is 3.12. The average molecular weight is 254 g/mol. The molecule has 2 saturated carbocycles. The van der Waals surface area contributed by atoms with Crippen LogP contribution in [0.3, 0.4) is 0 Å². The van der Waals surface area contributed by atoms with Crippen LogP contribution in [0, 0.1) is 0 Å². The van der Waals surface area contributed by atoms with Crippen molar-refractivity contribution in [3.63, 3.8) is 0 Å². The lowest BCUT2D eigenvalue weighted by Gasteiger charge is -2.30. The summed E-state index contributed by atoms with van der Waals surface area (Å²) in [7, 11) is 3.70. The van der Waals surface area contributed by atoms with Crippen LogP contribution >= 0.6 is 0 Å². The van der Waals surface area contributed by atoms with E-state index >= 15 is 0 Å². The second-order valence-electron chi connectivity index (χ2n) is 5.79. The number of nitrogens with zero attached hydrogens (tertiary/aromatic N) is 1. The van der Waals surface area contributed by atoms with E-state index in [4.69, 9.17) is 4.74 Å². The second-order valence-corrected chi connectivity index (χ2v) is 5.79.